The molecule has 0 radical (unpaired) electrons. The molecule has 1 atom stereocenters. The minimum atomic E-state index is -0.524. The van der Waals surface area contributed by atoms with Gasteiger partial charge in [0, 0.05) is 0 Å². The third-order valence-electron chi connectivity index (χ3n) is 4.69. The van der Waals surface area contributed by atoms with E-state index in [1.54, 1.807) is 0 Å². The number of allylic oxidation sites excluding steroid dienone is 6. The molecule has 0 aliphatic heterocycles. The molecular weight excluding hydrogens is 256 g/mol. The van der Waals surface area contributed by atoms with Crippen LogP contribution in [0.4, 0.5) is 0 Å². The third kappa shape index (κ3) is 7.66. The van der Waals surface area contributed by atoms with Crippen molar-refractivity contribution in [1.82, 2.24) is 0 Å². The molecule has 1 rings (SSSR count). The molecule has 0 heterocycles. The van der Waals surface area contributed by atoms with Crippen molar-refractivity contribution in [3.8, 4) is 0 Å². The maximum atomic E-state index is 10.6. The molecule has 0 spiro atoms. The van der Waals surface area contributed by atoms with Crippen LogP contribution in [0.5, 0.6) is 0 Å². The zero-order valence-corrected chi connectivity index (χ0v) is 14.8. The van der Waals surface area contributed by atoms with Gasteiger partial charge in [-0.3, -0.25) is 0 Å². The Labute approximate surface area is 131 Å². The lowest BCUT2D eigenvalue weighted by molar-refractivity contribution is 0.0402. The zero-order valence-electron chi connectivity index (χ0n) is 14.8. The van der Waals surface area contributed by atoms with E-state index in [0.29, 0.717) is 0 Å². The van der Waals surface area contributed by atoms with Crippen LogP contribution >= 0.6 is 0 Å². The Balaban J connectivity index is 2.85. The minimum Gasteiger partial charge on any atom is -0.390 e. The predicted molar refractivity (Wildman–Crippen MR) is 93.4 cm³/mol. The van der Waals surface area contributed by atoms with Crippen molar-refractivity contribution in [1.29, 1.82) is 0 Å². The molecule has 0 aromatic carbocycles. The molecule has 1 nitrogen and oxygen atoms in total. The largest absolute Gasteiger partial charge is 0.390 e. The smallest absolute Gasteiger partial charge is 0.0623 e. The summed E-state index contributed by atoms with van der Waals surface area (Å²) >= 11 is 0. The fraction of sp³-hybridized carbons (Fsp3) is 0.700. The van der Waals surface area contributed by atoms with Gasteiger partial charge < -0.3 is 5.11 Å². The quantitative estimate of drug-likeness (QED) is 0.534. The summed E-state index contributed by atoms with van der Waals surface area (Å²) in [7, 11) is 0. The van der Waals surface area contributed by atoms with Gasteiger partial charge in [0.1, 0.15) is 0 Å². The van der Waals surface area contributed by atoms with Crippen LogP contribution < -0.4 is 0 Å². The first kappa shape index (κ1) is 18.2. The van der Waals surface area contributed by atoms with Gasteiger partial charge in [0.15, 0.2) is 0 Å². The molecular formula is C20H34O. The highest BCUT2D eigenvalue weighted by Crippen LogP contribution is 2.27. The topological polar surface area (TPSA) is 20.2 Å². The molecule has 0 bridgehead atoms. The Hall–Kier alpha value is -0.820. The summed E-state index contributed by atoms with van der Waals surface area (Å²) in [6.45, 7) is 10.9. The van der Waals surface area contributed by atoms with E-state index in [2.05, 4.69) is 39.8 Å². The summed E-state index contributed by atoms with van der Waals surface area (Å²) in [6, 6.07) is 0. The Morgan fingerprint density at radius 2 is 1.67 bits per heavy atom. The van der Waals surface area contributed by atoms with Crippen molar-refractivity contribution in [2.45, 2.75) is 91.6 Å². The highest BCUT2D eigenvalue weighted by molar-refractivity contribution is 5.16. The van der Waals surface area contributed by atoms with Crippen LogP contribution in [0.3, 0.4) is 0 Å². The van der Waals surface area contributed by atoms with Crippen LogP contribution in [-0.2, 0) is 0 Å². The maximum absolute atomic E-state index is 10.6. The van der Waals surface area contributed by atoms with E-state index in [4.69, 9.17) is 0 Å². The third-order valence-corrected chi connectivity index (χ3v) is 4.69. The molecule has 21 heavy (non-hydrogen) atoms. The van der Waals surface area contributed by atoms with Gasteiger partial charge >= 0.3 is 0 Å². The molecule has 1 unspecified atom stereocenters. The van der Waals surface area contributed by atoms with Gasteiger partial charge in [-0.2, -0.15) is 0 Å². The van der Waals surface area contributed by atoms with E-state index in [1.165, 1.54) is 28.7 Å². The van der Waals surface area contributed by atoms with Gasteiger partial charge in [0.2, 0.25) is 0 Å². The van der Waals surface area contributed by atoms with Crippen molar-refractivity contribution in [3.63, 3.8) is 0 Å². The van der Waals surface area contributed by atoms with Gasteiger partial charge in [-0.15, -0.1) is 0 Å². The summed E-state index contributed by atoms with van der Waals surface area (Å²) in [5.41, 5.74) is 5.35. The fourth-order valence-corrected chi connectivity index (χ4v) is 2.90. The Morgan fingerprint density at radius 3 is 2.33 bits per heavy atom. The van der Waals surface area contributed by atoms with E-state index in [9.17, 15) is 5.11 Å². The SMILES string of the molecule is CC(C)=C1C/C=C(\C)CC/C=C(\C)CCCC(C)(O)CC1. The monoisotopic (exact) mass is 290 g/mol. The normalized spacial score (nSPS) is 31.6. The summed E-state index contributed by atoms with van der Waals surface area (Å²) < 4.78 is 0. The number of aliphatic hydroxyl groups is 1. The Morgan fingerprint density at radius 1 is 1.00 bits per heavy atom. The number of hydrogen-bond donors (Lipinski definition) is 1. The molecule has 0 saturated carbocycles. The lowest BCUT2D eigenvalue weighted by Crippen LogP contribution is -2.24. The van der Waals surface area contributed by atoms with Crippen LogP contribution in [0.25, 0.3) is 0 Å². The van der Waals surface area contributed by atoms with Gasteiger partial charge in [-0.05, 0) is 86.0 Å². The molecule has 1 aliphatic rings. The first-order valence-electron chi connectivity index (χ1n) is 8.49. The van der Waals surface area contributed by atoms with E-state index >= 15 is 0 Å². The van der Waals surface area contributed by atoms with Gasteiger partial charge in [-0.25, -0.2) is 0 Å². The van der Waals surface area contributed by atoms with E-state index in [1.807, 2.05) is 6.92 Å². The highest BCUT2D eigenvalue weighted by Gasteiger charge is 2.20. The van der Waals surface area contributed by atoms with Crippen LogP contribution in [-0.4, -0.2) is 10.7 Å². The molecule has 1 N–H and O–H groups in total. The lowest BCUT2D eigenvalue weighted by atomic mass is 9.88. The second kappa shape index (κ2) is 8.58. The van der Waals surface area contributed by atoms with E-state index in [-0.39, 0.29) is 0 Å². The molecule has 1 heteroatoms. The standard InChI is InChI=1S/C20H34O/c1-16(2)19-12-11-18(4)9-6-8-17(3)10-7-14-20(5,21)15-13-19/h8,11,21H,6-7,9-10,12-15H2,1-5H3/b17-8+,18-11+. The second-order valence-corrected chi connectivity index (χ2v) is 7.30. The number of hydrogen-bond acceptors (Lipinski definition) is 1. The van der Waals surface area contributed by atoms with Crippen LogP contribution in [0, 0.1) is 0 Å². The Bertz CT molecular complexity index is 417. The zero-order chi connectivity index (χ0) is 15.9. The van der Waals surface area contributed by atoms with Crippen molar-refractivity contribution in [2.75, 3.05) is 0 Å². The minimum absolute atomic E-state index is 0.524. The van der Waals surface area contributed by atoms with Crippen molar-refractivity contribution in [3.05, 3.63) is 34.4 Å². The summed E-state index contributed by atoms with van der Waals surface area (Å²) in [4.78, 5) is 0. The van der Waals surface area contributed by atoms with Crippen LogP contribution in [0.1, 0.15) is 86.0 Å². The van der Waals surface area contributed by atoms with Crippen molar-refractivity contribution >= 4 is 0 Å². The summed E-state index contributed by atoms with van der Waals surface area (Å²) in [5.74, 6) is 0. The average Bonchev–Trinajstić information content (AvgIpc) is 2.37. The number of rotatable bonds is 0. The summed E-state index contributed by atoms with van der Waals surface area (Å²) in [6.07, 6.45) is 13.1. The molecule has 0 amide bonds. The summed E-state index contributed by atoms with van der Waals surface area (Å²) in [5, 5.41) is 10.6. The molecule has 120 valence electrons. The first-order valence-corrected chi connectivity index (χ1v) is 8.49. The molecule has 0 aromatic rings. The molecule has 0 saturated heterocycles. The fourth-order valence-electron chi connectivity index (χ4n) is 2.90. The van der Waals surface area contributed by atoms with Gasteiger partial charge in [0.05, 0.1) is 5.60 Å². The van der Waals surface area contributed by atoms with E-state index < -0.39 is 5.60 Å². The lowest BCUT2D eigenvalue weighted by Gasteiger charge is -2.24. The second-order valence-electron chi connectivity index (χ2n) is 7.30. The first-order chi connectivity index (χ1) is 9.80. The molecule has 1 aliphatic carbocycles. The van der Waals surface area contributed by atoms with E-state index in [0.717, 1.165) is 44.9 Å². The molecule has 0 fully saturated rings. The predicted octanol–water partition coefficient (Wildman–Crippen LogP) is 6.10. The van der Waals surface area contributed by atoms with Crippen LogP contribution in [0.15, 0.2) is 34.4 Å². The molecule has 0 aromatic heterocycles. The van der Waals surface area contributed by atoms with Crippen LogP contribution in [0.2, 0.25) is 0 Å². The van der Waals surface area contributed by atoms with Gasteiger partial charge in [0.25, 0.3) is 0 Å². The van der Waals surface area contributed by atoms with Gasteiger partial charge in [-0.1, -0.05) is 34.4 Å². The highest BCUT2D eigenvalue weighted by atomic mass is 16.3. The van der Waals surface area contributed by atoms with Crippen molar-refractivity contribution in [2.24, 2.45) is 0 Å². The Kier molecular flexibility index (Phi) is 7.45. The maximum Gasteiger partial charge on any atom is 0.0623 e. The average molecular weight is 290 g/mol. The van der Waals surface area contributed by atoms with Crippen molar-refractivity contribution < 1.29 is 5.11 Å².